The summed E-state index contributed by atoms with van der Waals surface area (Å²) in [5.74, 6) is -0.935. The lowest BCUT2D eigenvalue weighted by molar-refractivity contribution is -0.140. The number of nitrogens with zero attached hydrogens (tertiary/aromatic N) is 2. The quantitative estimate of drug-likeness (QED) is 0.186. The summed E-state index contributed by atoms with van der Waals surface area (Å²) in [7, 11) is -4.24. The Labute approximate surface area is 275 Å². The first-order valence-electron chi connectivity index (χ1n) is 14.5. The van der Waals surface area contributed by atoms with Crippen LogP contribution < -0.4 is 9.62 Å². The molecule has 0 heterocycles. The number of nitrogens with one attached hydrogen (secondary N) is 1. The van der Waals surface area contributed by atoms with Crippen LogP contribution in [0.4, 0.5) is 5.69 Å². The van der Waals surface area contributed by atoms with E-state index in [0.29, 0.717) is 26.9 Å². The SMILES string of the molecule is Cc1ccccc1N(CC(=O)N(Cc1ccccc1Cl)[C@@H](Cc1ccccc1)C(=O)NC(C)(C)C)S(=O)(=O)c1ccc(Cl)cc1. The van der Waals surface area contributed by atoms with Crippen LogP contribution in [0.15, 0.2) is 108 Å². The lowest BCUT2D eigenvalue weighted by Gasteiger charge is -2.35. The molecule has 1 N–H and O–H groups in total. The number of hydrogen-bond acceptors (Lipinski definition) is 4. The second-order valence-corrected chi connectivity index (χ2v) is 14.5. The topological polar surface area (TPSA) is 86.8 Å². The number of rotatable bonds is 11. The van der Waals surface area contributed by atoms with E-state index in [4.69, 9.17) is 23.2 Å². The Kier molecular flexibility index (Phi) is 11.0. The number of sulfonamides is 1. The zero-order valence-corrected chi connectivity index (χ0v) is 28.0. The Morgan fingerprint density at radius 3 is 2.04 bits per heavy atom. The van der Waals surface area contributed by atoms with Crippen molar-refractivity contribution in [1.82, 2.24) is 10.2 Å². The molecule has 10 heteroatoms. The number of carbonyl (C=O) groups excluding carboxylic acids is 2. The molecular formula is C35H37Cl2N3O4S. The number of aryl methyl sites for hydroxylation is 1. The smallest absolute Gasteiger partial charge is 0.264 e. The van der Waals surface area contributed by atoms with Gasteiger partial charge in [0.25, 0.3) is 10.0 Å². The van der Waals surface area contributed by atoms with Gasteiger partial charge in [-0.15, -0.1) is 0 Å². The van der Waals surface area contributed by atoms with E-state index >= 15 is 0 Å². The van der Waals surface area contributed by atoms with Crippen molar-refractivity contribution in [2.75, 3.05) is 10.8 Å². The highest BCUT2D eigenvalue weighted by Crippen LogP contribution is 2.29. The number of benzene rings is 4. The van der Waals surface area contributed by atoms with E-state index in [0.717, 1.165) is 9.87 Å². The van der Waals surface area contributed by atoms with Crippen LogP contribution in [-0.4, -0.2) is 43.3 Å². The second-order valence-electron chi connectivity index (χ2n) is 11.8. The van der Waals surface area contributed by atoms with Crippen molar-refractivity contribution in [1.29, 1.82) is 0 Å². The highest BCUT2D eigenvalue weighted by atomic mass is 35.5. The Morgan fingerprint density at radius 2 is 1.42 bits per heavy atom. The van der Waals surface area contributed by atoms with Crippen LogP contribution in [0.5, 0.6) is 0 Å². The van der Waals surface area contributed by atoms with E-state index in [-0.39, 0.29) is 23.8 Å². The van der Waals surface area contributed by atoms with Gasteiger partial charge >= 0.3 is 0 Å². The van der Waals surface area contributed by atoms with Crippen LogP contribution in [-0.2, 0) is 32.6 Å². The average molecular weight is 667 g/mol. The fourth-order valence-corrected chi connectivity index (χ4v) is 6.71. The molecule has 0 aliphatic carbocycles. The van der Waals surface area contributed by atoms with Crippen LogP contribution in [0.25, 0.3) is 0 Å². The van der Waals surface area contributed by atoms with Gasteiger partial charge in [0.15, 0.2) is 0 Å². The van der Waals surface area contributed by atoms with Gasteiger partial charge in [-0.25, -0.2) is 8.42 Å². The minimum atomic E-state index is -4.24. The zero-order valence-electron chi connectivity index (χ0n) is 25.7. The molecule has 0 spiro atoms. The van der Waals surface area contributed by atoms with Gasteiger partial charge in [-0.3, -0.25) is 13.9 Å². The lowest BCUT2D eigenvalue weighted by atomic mass is 10.0. The number of anilines is 1. The fourth-order valence-electron chi connectivity index (χ4n) is 4.91. The maximum Gasteiger partial charge on any atom is 0.264 e. The molecular weight excluding hydrogens is 629 g/mol. The number of halogens is 2. The van der Waals surface area contributed by atoms with Crippen molar-refractivity contribution >= 4 is 50.7 Å². The highest BCUT2D eigenvalue weighted by Gasteiger charge is 2.36. The second kappa shape index (κ2) is 14.5. The normalized spacial score (nSPS) is 12.3. The van der Waals surface area contributed by atoms with Crippen LogP contribution in [0, 0.1) is 6.92 Å². The molecule has 4 rings (SSSR count). The van der Waals surface area contributed by atoms with E-state index in [2.05, 4.69) is 5.32 Å². The van der Waals surface area contributed by atoms with Gasteiger partial charge in [0.1, 0.15) is 12.6 Å². The molecule has 1 atom stereocenters. The summed E-state index contributed by atoms with van der Waals surface area (Å²) in [6, 6.07) is 28.2. The van der Waals surface area contributed by atoms with E-state index in [9.17, 15) is 18.0 Å². The van der Waals surface area contributed by atoms with Crippen molar-refractivity contribution in [2.24, 2.45) is 0 Å². The van der Waals surface area contributed by atoms with Gasteiger partial charge in [-0.2, -0.15) is 0 Å². The Hall–Kier alpha value is -3.85. The minimum absolute atomic E-state index is 0.0177. The number of hydrogen-bond donors (Lipinski definition) is 1. The molecule has 2 amide bonds. The van der Waals surface area contributed by atoms with E-state index in [1.165, 1.54) is 29.2 Å². The van der Waals surface area contributed by atoms with E-state index in [1.807, 2.05) is 51.1 Å². The molecule has 0 radical (unpaired) electrons. The fraction of sp³-hybridized carbons (Fsp3) is 0.257. The Bertz CT molecular complexity index is 1740. The molecule has 0 aliphatic heterocycles. The summed E-state index contributed by atoms with van der Waals surface area (Å²) >= 11 is 12.6. The molecule has 0 aromatic heterocycles. The predicted octanol–water partition coefficient (Wildman–Crippen LogP) is 7.05. The summed E-state index contributed by atoms with van der Waals surface area (Å²) in [6.45, 7) is 6.79. The molecule has 0 unspecified atom stereocenters. The van der Waals surface area contributed by atoms with Gasteiger partial charge < -0.3 is 10.2 Å². The molecule has 7 nitrogen and oxygen atoms in total. The molecule has 45 heavy (non-hydrogen) atoms. The monoisotopic (exact) mass is 665 g/mol. The molecule has 4 aromatic carbocycles. The van der Waals surface area contributed by atoms with E-state index < -0.39 is 34.1 Å². The maximum atomic E-state index is 14.6. The summed E-state index contributed by atoms with van der Waals surface area (Å²) in [5.41, 5.74) is 1.88. The number of amides is 2. The van der Waals surface area contributed by atoms with Crippen molar-refractivity contribution in [2.45, 2.75) is 57.1 Å². The van der Waals surface area contributed by atoms with Gasteiger partial charge in [-0.1, -0.05) is 89.9 Å². The van der Waals surface area contributed by atoms with Crippen molar-refractivity contribution in [3.8, 4) is 0 Å². The van der Waals surface area contributed by atoms with Crippen molar-refractivity contribution < 1.29 is 18.0 Å². The number of carbonyl (C=O) groups is 2. The molecule has 236 valence electrons. The molecule has 0 saturated carbocycles. The lowest BCUT2D eigenvalue weighted by Crippen LogP contribution is -2.56. The van der Waals surface area contributed by atoms with Crippen LogP contribution in [0.3, 0.4) is 0 Å². The van der Waals surface area contributed by atoms with Gasteiger partial charge in [-0.05, 0) is 80.8 Å². The molecule has 0 fully saturated rings. The van der Waals surface area contributed by atoms with Crippen LogP contribution in [0.1, 0.15) is 37.5 Å². The van der Waals surface area contributed by atoms with Gasteiger partial charge in [0.2, 0.25) is 11.8 Å². The highest BCUT2D eigenvalue weighted by molar-refractivity contribution is 7.92. The summed E-state index contributed by atoms with van der Waals surface area (Å²) in [5, 5.41) is 3.83. The minimum Gasteiger partial charge on any atom is -0.350 e. The average Bonchev–Trinajstić information content (AvgIpc) is 2.98. The molecule has 0 aliphatic rings. The third-order valence-electron chi connectivity index (χ3n) is 7.13. The predicted molar refractivity (Wildman–Crippen MR) is 181 cm³/mol. The van der Waals surface area contributed by atoms with Crippen LogP contribution >= 0.6 is 23.2 Å². The molecule has 0 bridgehead atoms. The van der Waals surface area contributed by atoms with Crippen molar-refractivity contribution in [3.63, 3.8) is 0 Å². The standard InChI is InChI=1S/C35H37Cl2N3O4S/c1-25-12-8-11-17-31(25)40(45(43,44)29-20-18-28(36)19-21-29)24-33(41)39(23-27-15-9-10-16-30(27)37)32(34(42)38-35(2,3)4)22-26-13-6-5-7-14-26/h5-21,32H,22-24H2,1-4H3,(H,38,42)/t32-/m0/s1. The third-order valence-corrected chi connectivity index (χ3v) is 9.53. The largest absolute Gasteiger partial charge is 0.350 e. The zero-order chi connectivity index (χ0) is 32.8. The molecule has 4 aromatic rings. The van der Waals surface area contributed by atoms with E-state index in [1.54, 1.807) is 55.5 Å². The summed E-state index contributed by atoms with van der Waals surface area (Å²) in [6.07, 6.45) is 0.202. The van der Waals surface area contributed by atoms with Crippen LogP contribution in [0.2, 0.25) is 10.0 Å². The first-order chi connectivity index (χ1) is 21.3. The Morgan fingerprint density at radius 1 is 0.822 bits per heavy atom. The maximum absolute atomic E-state index is 14.6. The summed E-state index contributed by atoms with van der Waals surface area (Å²) < 4.78 is 29.4. The van der Waals surface area contributed by atoms with Crippen molar-refractivity contribution in [3.05, 3.63) is 130 Å². The van der Waals surface area contributed by atoms with Gasteiger partial charge in [0.05, 0.1) is 10.6 Å². The first kappa shape index (κ1) is 34.0. The van der Waals surface area contributed by atoms with Gasteiger partial charge in [0, 0.05) is 28.5 Å². The molecule has 0 saturated heterocycles. The number of para-hydroxylation sites is 1. The third kappa shape index (κ3) is 8.87. The first-order valence-corrected chi connectivity index (χ1v) is 16.7. The summed E-state index contributed by atoms with van der Waals surface area (Å²) in [4.78, 5) is 29.9. The Balaban J connectivity index is 1.84.